The molecule has 3 aromatic rings. The third kappa shape index (κ3) is 5.82. The van der Waals surface area contributed by atoms with E-state index in [-0.39, 0.29) is 5.69 Å². The normalized spacial score (nSPS) is 12.1. The van der Waals surface area contributed by atoms with Gasteiger partial charge in [-0.1, -0.05) is 30.3 Å². The summed E-state index contributed by atoms with van der Waals surface area (Å²) in [5.41, 5.74) is 1.28. The van der Waals surface area contributed by atoms with Crippen molar-refractivity contribution in [3.63, 3.8) is 0 Å². The van der Waals surface area contributed by atoms with E-state index < -0.39 is 33.6 Å². The van der Waals surface area contributed by atoms with Crippen LogP contribution in [0.5, 0.6) is 5.75 Å². The lowest BCUT2D eigenvalue weighted by molar-refractivity contribution is -0.116. The topological polar surface area (TPSA) is 75.7 Å². The van der Waals surface area contributed by atoms with Crippen molar-refractivity contribution in [2.45, 2.75) is 19.6 Å². The quantitative estimate of drug-likeness (QED) is 0.543. The molecule has 0 aromatic heterocycles. The molecular formula is C23H22F2N2O4S. The fraction of sp³-hybridized carbons (Fsp3) is 0.174. The molecule has 0 radical (unpaired) electrons. The van der Waals surface area contributed by atoms with Gasteiger partial charge < -0.3 is 10.1 Å². The molecule has 0 aliphatic heterocycles. The molecule has 168 valence electrons. The van der Waals surface area contributed by atoms with Crippen LogP contribution in [0.1, 0.15) is 12.5 Å². The van der Waals surface area contributed by atoms with E-state index in [0.717, 1.165) is 34.3 Å². The van der Waals surface area contributed by atoms with Crippen LogP contribution in [-0.4, -0.2) is 26.6 Å². The first-order valence-corrected chi connectivity index (χ1v) is 11.5. The Morgan fingerprint density at radius 1 is 1.00 bits per heavy atom. The van der Waals surface area contributed by atoms with Crippen LogP contribution in [-0.2, 0) is 21.4 Å². The lowest BCUT2D eigenvalue weighted by Crippen LogP contribution is -2.45. The number of carbonyl (C=O) groups is 1. The van der Waals surface area contributed by atoms with Gasteiger partial charge in [-0.25, -0.2) is 17.2 Å². The van der Waals surface area contributed by atoms with Gasteiger partial charge in [0.15, 0.2) is 11.6 Å². The Balaban J connectivity index is 1.69. The second-order valence-corrected chi connectivity index (χ2v) is 8.98. The Hall–Kier alpha value is -3.46. The zero-order valence-corrected chi connectivity index (χ0v) is 18.3. The monoisotopic (exact) mass is 460 g/mol. The molecule has 0 saturated heterocycles. The van der Waals surface area contributed by atoms with E-state index in [2.05, 4.69) is 5.32 Å². The van der Waals surface area contributed by atoms with Gasteiger partial charge in [0.25, 0.3) is 0 Å². The van der Waals surface area contributed by atoms with Gasteiger partial charge in [0.1, 0.15) is 18.4 Å². The third-order valence-electron chi connectivity index (χ3n) is 4.62. The van der Waals surface area contributed by atoms with Crippen molar-refractivity contribution in [3.05, 3.63) is 90.0 Å². The number of sulfonamides is 1. The first-order chi connectivity index (χ1) is 15.1. The van der Waals surface area contributed by atoms with Crippen LogP contribution in [0.3, 0.4) is 0 Å². The molecule has 0 aliphatic rings. The molecule has 0 unspecified atom stereocenters. The zero-order chi connectivity index (χ0) is 23.3. The summed E-state index contributed by atoms with van der Waals surface area (Å²) in [6, 6.07) is 17.6. The fourth-order valence-electron chi connectivity index (χ4n) is 3.05. The summed E-state index contributed by atoms with van der Waals surface area (Å²) >= 11 is 0. The number of ether oxygens (including phenoxy) is 1. The maximum atomic E-state index is 13.6. The molecule has 3 aromatic carbocycles. The molecule has 0 aliphatic carbocycles. The number of hydrogen-bond acceptors (Lipinski definition) is 4. The van der Waals surface area contributed by atoms with Gasteiger partial charge in [-0.05, 0) is 48.9 Å². The molecule has 0 saturated carbocycles. The number of hydrogen-bond donors (Lipinski definition) is 1. The van der Waals surface area contributed by atoms with Crippen molar-refractivity contribution in [2.75, 3.05) is 15.9 Å². The van der Waals surface area contributed by atoms with E-state index in [4.69, 9.17) is 4.74 Å². The maximum Gasteiger partial charge on any atom is 0.247 e. The van der Waals surface area contributed by atoms with Gasteiger partial charge in [0, 0.05) is 11.8 Å². The van der Waals surface area contributed by atoms with Crippen LogP contribution >= 0.6 is 0 Å². The number of nitrogens with one attached hydrogen (secondary N) is 1. The minimum atomic E-state index is -3.96. The van der Waals surface area contributed by atoms with Crippen LogP contribution in [0.2, 0.25) is 0 Å². The van der Waals surface area contributed by atoms with Crippen molar-refractivity contribution >= 4 is 27.3 Å². The highest BCUT2D eigenvalue weighted by molar-refractivity contribution is 7.92. The largest absolute Gasteiger partial charge is 0.489 e. The molecule has 1 N–H and O–H groups in total. The number of benzene rings is 3. The van der Waals surface area contributed by atoms with Crippen LogP contribution < -0.4 is 14.4 Å². The molecule has 0 fully saturated rings. The molecule has 1 atom stereocenters. The highest BCUT2D eigenvalue weighted by Gasteiger charge is 2.29. The second kappa shape index (κ2) is 9.78. The van der Waals surface area contributed by atoms with E-state index in [1.54, 1.807) is 24.3 Å². The Morgan fingerprint density at radius 3 is 2.25 bits per heavy atom. The molecule has 9 heteroatoms. The SMILES string of the molecule is C[C@H](C(=O)Nc1ccc(OCc2ccccc2)cc1)N(c1ccc(F)c(F)c1)S(C)(=O)=O. The number of amides is 1. The molecule has 1 amide bonds. The lowest BCUT2D eigenvalue weighted by atomic mass is 10.2. The highest BCUT2D eigenvalue weighted by Crippen LogP contribution is 2.24. The van der Waals surface area contributed by atoms with Crippen molar-refractivity contribution in [2.24, 2.45) is 0 Å². The first-order valence-electron chi connectivity index (χ1n) is 9.67. The van der Waals surface area contributed by atoms with E-state index in [1.165, 1.54) is 6.92 Å². The minimum Gasteiger partial charge on any atom is -0.489 e. The molecule has 0 spiro atoms. The summed E-state index contributed by atoms with van der Waals surface area (Å²) in [5.74, 6) is -2.37. The fourth-order valence-corrected chi connectivity index (χ4v) is 4.22. The predicted molar refractivity (Wildman–Crippen MR) is 119 cm³/mol. The van der Waals surface area contributed by atoms with Gasteiger partial charge in [0.2, 0.25) is 15.9 Å². The molecule has 3 rings (SSSR count). The summed E-state index contributed by atoms with van der Waals surface area (Å²) in [7, 11) is -3.96. The predicted octanol–water partition coefficient (Wildman–Crippen LogP) is 4.34. The molecule has 6 nitrogen and oxygen atoms in total. The Morgan fingerprint density at radius 2 is 1.66 bits per heavy atom. The number of carbonyl (C=O) groups excluding carboxylic acids is 1. The molecule has 0 heterocycles. The number of halogens is 2. The first kappa shape index (κ1) is 23.2. The number of rotatable bonds is 8. The highest BCUT2D eigenvalue weighted by atomic mass is 32.2. The van der Waals surface area contributed by atoms with Crippen molar-refractivity contribution in [1.29, 1.82) is 0 Å². The summed E-state index contributed by atoms with van der Waals surface area (Å²) < 4.78 is 57.9. The Kier molecular flexibility index (Phi) is 7.09. The summed E-state index contributed by atoms with van der Waals surface area (Å²) in [6.07, 6.45) is 0.886. The van der Waals surface area contributed by atoms with Crippen LogP contribution in [0.15, 0.2) is 72.8 Å². The van der Waals surface area contributed by atoms with Crippen LogP contribution in [0.25, 0.3) is 0 Å². The van der Waals surface area contributed by atoms with Gasteiger partial charge in [0.05, 0.1) is 11.9 Å². The molecular weight excluding hydrogens is 438 g/mol. The van der Waals surface area contributed by atoms with E-state index in [9.17, 15) is 22.0 Å². The standard InChI is InChI=1S/C23H22F2N2O4S/c1-16(27(32(2,29)30)19-10-13-21(24)22(25)14-19)23(28)26-18-8-11-20(12-9-18)31-15-17-6-4-3-5-7-17/h3-14,16H,15H2,1-2H3,(H,26,28)/t16-/m1/s1. The van der Waals surface area contributed by atoms with Gasteiger partial charge in [-0.15, -0.1) is 0 Å². The molecule has 0 bridgehead atoms. The van der Waals surface area contributed by atoms with Crippen molar-refractivity contribution in [1.82, 2.24) is 0 Å². The second-order valence-electron chi connectivity index (χ2n) is 7.12. The lowest BCUT2D eigenvalue weighted by Gasteiger charge is -2.28. The smallest absolute Gasteiger partial charge is 0.247 e. The van der Waals surface area contributed by atoms with Gasteiger partial charge in [-0.2, -0.15) is 0 Å². The average Bonchev–Trinajstić information content (AvgIpc) is 2.75. The average molecular weight is 461 g/mol. The van der Waals surface area contributed by atoms with E-state index >= 15 is 0 Å². The Labute approximate surface area is 185 Å². The third-order valence-corrected chi connectivity index (χ3v) is 5.86. The number of nitrogens with zero attached hydrogens (tertiary/aromatic N) is 1. The minimum absolute atomic E-state index is 0.154. The summed E-state index contributed by atoms with van der Waals surface area (Å²) in [4.78, 5) is 12.7. The van der Waals surface area contributed by atoms with Gasteiger partial charge >= 0.3 is 0 Å². The van der Waals surface area contributed by atoms with E-state index in [1.807, 2.05) is 30.3 Å². The molecule has 32 heavy (non-hydrogen) atoms. The zero-order valence-electron chi connectivity index (χ0n) is 17.5. The number of anilines is 2. The summed E-state index contributed by atoms with van der Waals surface area (Å²) in [6.45, 7) is 1.75. The van der Waals surface area contributed by atoms with E-state index in [0.29, 0.717) is 18.0 Å². The summed E-state index contributed by atoms with van der Waals surface area (Å²) in [5, 5.41) is 2.62. The van der Waals surface area contributed by atoms with Crippen LogP contribution in [0.4, 0.5) is 20.2 Å². The Bertz CT molecular complexity index is 1190. The van der Waals surface area contributed by atoms with Crippen molar-refractivity contribution in [3.8, 4) is 5.75 Å². The van der Waals surface area contributed by atoms with Crippen LogP contribution in [0, 0.1) is 11.6 Å². The van der Waals surface area contributed by atoms with Gasteiger partial charge in [-0.3, -0.25) is 9.10 Å². The van der Waals surface area contributed by atoms with Crippen molar-refractivity contribution < 1.29 is 26.7 Å². The maximum absolute atomic E-state index is 13.6.